The smallest absolute Gasteiger partial charge is 0.244 e. The summed E-state index contributed by atoms with van der Waals surface area (Å²) in [4.78, 5) is 27.8. The van der Waals surface area contributed by atoms with Crippen molar-refractivity contribution in [2.45, 2.75) is 45.8 Å². The second-order valence-corrected chi connectivity index (χ2v) is 11.3. The van der Waals surface area contributed by atoms with Crippen LogP contribution >= 0.6 is 23.2 Å². The van der Waals surface area contributed by atoms with E-state index in [1.165, 1.54) is 17.0 Å². The van der Waals surface area contributed by atoms with Gasteiger partial charge in [0.2, 0.25) is 28.6 Å². The molecule has 36 heavy (non-hydrogen) atoms. The molecule has 1 aliphatic rings. The Hall–Kier alpha value is -2.69. The number of sulfonamides is 1. The minimum Gasteiger partial charge on any atom is -0.454 e. The summed E-state index contributed by atoms with van der Waals surface area (Å²) < 4.78 is 37.0. The van der Waals surface area contributed by atoms with Crippen LogP contribution < -0.4 is 19.1 Å². The monoisotopic (exact) mass is 557 g/mol. The average Bonchev–Trinajstić information content (AvgIpc) is 3.29. The van der Waals surface area contributed by atoms with Gasteiger partial charge < -0.3 is 19.7 Å². The molecule has 0 fully saturated rings. The first-order chi connectivity index (χ1) is 16.9. The summed E-state index contributed by atoms with van der Waals surface area (Å²) in [6.45, 7) is 4.91. The van der Waals surface area contributed by atoms with E-state index in [-0.39, 0.29) is 31.0 Å². The molecule has 0 unspecified atom stereocenters. The van der Waals surface area contributed by atoms with Gasteiger partial charge in [-0.25, -0.2) is 8.42 Å². The third-order valence-electron chi connectivity index (χ3n) is 5.83. The number of hydrogen-bond acceptors (Lipinski definition) is 6. The quantitative estimate of drug-likeness (QED) is 0.476. The lowest BCUT2D eigenvalue weighted by Crippen LogP contribution is -2.52. The summed E-state index contributed by atoms with van der Waals surface area (Å²) in [5.74, 6) is -0.0691. The Balaban J connectivity index is 1.92. The molecule has 9 nitrogen and oxygen atoms in total. The molecule has 0 aliphatic carbocycles. The number of anilines is 1. The summed E-state index contributed by atoms with van der Waals surface area (Å²) in [5, 5.41) is 3.53. The van der Waals surface area contributed by atoms with Crippen LogP contribution in [0, 0.1) is 0 Å². The predicted molar refractivity (Wildman–Crippen MR) is 139 cm³/mol. The van der Waals surface area contributed by atoms with Gasteiger partial charge >= 0.3 is 0 Å². The largest absolute Gasteiger partial charge is 0.454 e. The molecule has 0 radical (unpaired) electrons. The van der Waals surface area contributed by atoms with E-state index >= 15 is 0 Å². The molecule has 1 N–H and O–H groups in total. The second kappa shape index (κ2) is 11.6. The fourth-order valence-electron chi connectivity index (χ4n) is 3.54. The van der Waals surface area contributed by atoms with Crippen molar-refractivity contribution in [3.05, 3.63) is 52.0 Å². The van der Waals surface area contributed by atoms with Crippen molar-refractivity contribution < 1.29 is 27.5 Å². The highest BCUT2D eigenvalue weighted by Gasteiger charge is 2.31. The number of ether oxygens (including phenoxy) is 2. The zero-order valence-corrected chi connectivity index (χ0v) is 22.8. The molecule has 2 atom stereocenters. The molecule has 0 bridgehead atoms. The van der Waals surface area contributed by atoms with E-state index < -0.39 is 28.5 Å². The van der Waals surface area contributed by atoms with Crippen molar-refractivity contribution >= 4 is 50.7 Å². The van der Waals surface area contributed by atoms with Gasteiger partial charge in [-0.1, -0.05) is 36.2 Å². The maximum absolute atomic E-state index is 13.6. The van der Waals surface area contributed by atoms with Crippen LogP contribution in [0.15, 0.2) is 36.4 Å². The molecule has 0 spiro atoms. The second-order valence-electron chi connectivity index (χ2n) is 8.57. The van der Waals surface area contributed by atoms with Gasteiger partial charge in [-0.05, 0) is 50.1 Å². The van der Waals surface area contributed by atoms with E-state index in [9.17, 15) is 18.0 Å². The number of halogens is 2. The van der Waals surface area contributed by atoms with Gasteiger partial charge in [-0.15, -0.1) is 0 Å². The first-order valence-corrected chi connectivity index (χ1v) is 13.9. The molecule has 2 aromatic carbocycles. The van der Waals surface area contributed by atoms with Crippen molar-refractivity contribution in [3.8, 4) is 11.5 Å². The predicted octanol–water partition coefficient (Wildman–Crippen LogP) is 3.82. The van der Waals surface area contributed by atoms with E-state index in [0.29, 0.717) is 33.5 Å². The summed E-state index contributed by atoms with van der Waals surface area (Å²) in [6, 6.07) is 8.53. The van der Waals surface area contributed by atoms with Crippen LogP contribution in [-0.4, -0.2) is 56.8 Å². The maximum Gasteiger partial charge on any atom is 0.244 e. The number of nitrogens with zero attached hydrogens (tertiary/aromatic N) is 2. The first-order valence-electron chi connectivity index (χ1n) is 11.3. The number of hydrogen-bond donors (Lipinski definition) is 1. The van der Waals surface area contributed by atoms with Crippen molar-refractivity contribution in [1.29, 1.82) is 0 Å². The summed E-state index contributed by atoms with van der Waals surface area (Å²) in [6.07, 6.45) is 1.72. The molecule has 2 aromatic rings. The lowest BCUT2D eigenvalue weighted by molar-refractivity contribution is -0.139. The minimum absolute atomic E-state index is 0.0174. The molecule has 0 aromatic heterocycles. The lowest BCUT2D eigenvalue weighted by atomic mass is 10.1. The molecule has 1 heterocycles. The third kappa shape index (κ3) is 6.74. The normalized spacial score (nSPS) is 14.2. The summed E-state index contributed by atoms with van der Waals surface area (Å²) in [7, 11) is -3.87. The number of carbonyl (C=O) groups excluding carboxylic acids is 2. The lowest BCUT2D eigenvalue weighted by Gasteiger charge is -2.32. The van der Waals surface area contributed by atoms with Gasteiger partial charge in [0.1, 0.15) is 12.6 Å². The van der Waals surface area contributed by atoms with Gasteiger partial charge in [0.05, 0.1) is 22.0 Å². The number of rotatable bonds is 10. The van der Waals surface area contributed by atoms with Gasteiger partial charge in [-0.3, -0.25) is 13.9 Å². The van der Waals surface area contributed by atoms with Crippen LogP contribution in [0.4, 0.5) is 5.69 Å². The highest BCUT2D eigenvalue weighted by atomic mass is 35.5. The van der Waals surface area contributed by atoms with E-state index in [2.05, 4.69) is 5.32 Å². The fourth-order valence-corrected chi connectivity index (χ4v) is 4.70. The standard InChI is InChI=1S/C24H29Cl2N3O6S/c1-5-15(2)27-24(31)16(3)28(12-17-6-8-19(25)20(26)10-17)23(30)13-29(36(4,32)33)18-7-9-21-22(11-18)35-14-34-21/h6-11,15-16H,5,12-14H2,1-4H3,(H,27,31)/t15-,16+/m1/s1. The van der Waals surface area contributed by atoms with Crippen LogP contribution in [0.2, 0.25) is 10.0 Å². The average molecular weight is 558 g/mol. The van der Waals surface area contributed by atoms with Crippen molar-refractivity contribution in [3.63, 3.8) is 0 Å². The Morgan fingerprint density at radius 3 is 2.39 bits per heavy atom. The van der Waals surface area contributed by atoms with Crippen LogP contribution in [0.3, 0.4) is 0 Å². The third-order valence-corrected chi connectivity index (χ3v) is 7.71. The first kappa shape index (κ1) is 27.9. The summed E-state index contributed by atoms with van der Waals surface area (Å²) >= 11 is 12.2. The number of benzene rings is 2. The Bertz CT molecular complexity index is 1240. The van der Waals surface area contributed by atoms with Crippen molar-refractivity contribution in [2.75, 3.05) is 23.9 Å². The Kier molecular flexibility index (Phi) is 8.97. The maximum atomic E-state index is 13.6. The molecule has 196 valence electrons. The van der Waals surface area contributed by atoms with Crippen LogP contribution in [0.25, 0.3) is 0 Å². The molecule has 2 amide bonds. The minimum atomic E-state index is -3.87. The topological polar surface area (TPSA) is 105 Å². The Morgan fingerprint density at radius 2 is 1.75 bits per heavy atom. The van der Waals surface area contributed by atoms with Gasteiger partial charge in [0.25, 0.3) is 0 Å². The molecule has 0 saturated heterocycles. The molecule has 0 saturated carbocycles. The molecular weight excluding hydrogens is 529 g/mol. The molecule has 12 heteroatoms. The number of amides is 2. The Morgan fingerprint density at radius 1 is 1.06 bits per heavy atom. The highest BCUT2D eigenvalue weighted by molar-refractivity contribution is 7.92. The van der Waals surface area contributed by atoms with E-state index in [0.717, 1.165) is 10.6 Å². The molecular formula is C24H29Cl2N3O6S. The summed E-state index contributed by atoms with van der Waals surface area (Å²) in [5.41, 5.74) is 0.872. The number of nitrogens with one attached hydrogen (secondary N) is 1. The van der Waals surface area contributed by atoms with Gasteiger partial charge in [0, 0.05) is 18.7 Å². The number of fused-ring (bicyclic) bond motifs is 1. The SMILES string of the molecule is CC[C@@H](C)NC(=O)[C@H](C)N(Cc1ccc(Cl)c(Cl)c1)C(=O)CN(c1ccc2c(c1)OCO2)S(C)(=O)=O. The van der Waals surface area contributed by atoms with Crippen LogP contribution in [0.1, 0.15) is 32.8 Å². The van der Waals surface area contributed by atoms with Crippen molar-refractivity contribution in [2.24, 2.45) is 0 Å². The van der Waals surface area contributed by atoms with Crippen LogP contribution in [-0.2, 0) is 26.2 Å². The van der Waals surface area contributed by atoms with E-state index in [4.69, 9.17) is 32.7 Å². The van der Waals surface area contributed by atoms with Crippen molar-refractivity contribution in [1.82, 2.24) is 10.2 Å². The highest BCUT2D eigenvalue weighted by Crippen LogP contribution is 2.36. The van der Waals surface area contributed by atoms with E-state index in [1.807, 2.05) is 13.8 Å². The zero-order chi connectivity index (χ0) is 26.6. The van der Waals surface area contributed by atoms with Gasteiger partial charge in [0.15, 0.2) is 11.5 Å². The molecule has 1 aliphatic heterocycles. The van der Waals surface area contributed by atoms with Gasteiger partial charge in [-0.2, -0.15) is 0 Å². The van der Waals surface area contributed by atoms with E-state index in [1.54, 1.807) is 31.2 Å². The van der Waals surface area contributed by atoms with Crippen LogP contribution in [0.5, 0.6) is 11.5 Å². The molecule has 3 rings (SSSR count). The number of carbonyl (C=O) groups is 2. The fraction of sp³-hybridized carbons (Fsp3) is 0.417. The Labute approximate surface area is 221 Å². The zero-order valence-electron chi connectivity index (χ0n) is 20.5.